The molecular formula is C13H23NO. The molecule has 2 heteroatoms. The summed E-state index contributed by atoms with van der Waals surface area (Å²) in [4.78, 5) is 2.16. The van der Waals surface area contributed by atoms with E-state index in [1.54, 1.807) is 0 Å². The molecule has 1 N–H and O–H groups in total. The van der Waals surface area contributed by atoms with E-state index in [1.165, 1.54) is 25.7 Å². The smallest absolute Gasteiger partial charge is 0.0807 e. The molecule has 0 aromatic heterocycles. The van der Waals surface area contributed by atoms with Crippen LogP contribution >= 0.6 is 0 Å². The van der Waals surface area contributed by atoms with Crippen LogP contribution in [-0.4, -0.2) is 36.2 Å². The SMILES string of the molecule is CN(C)C[C@@]1(O)C[C@H]2C[C@@H]3C[C@H](C2)[C@H]1C3. The summed E-state index contributed by atoms with van der Waals surface area (Å²) in [7, 11) is 4.17. The van der Waals surface area contributed by atoms with Crippen LogP contribution in [-0.2, 0) is 0 Å². The molecule has 86 valence electrons. The zero-order valence-electron chi connectivity index (χ0n) is 9.95. The van der Waals surface area contributed by atoms with Crippen LogP contribution in [0.5, 0.6) is 0 Å². The lowest BCUT2D eigenvalue weighted by molar-refractivity contribution is -0.0929. The summed E-state index contributed by atoms with van der Waals surface area (Å²) in [5.41, 5.74) is -0.359. The van der Waals surface area contributed by atoms with Gasteiger partial charge in [0.05, 0.1) is 5.60 Å². The molecule has 5 atom stereocenters. The van der Waals surface area contributed by atoms with Gasteiger partial charge >= 0.3 is 0 Å². The molecule has 0 radical (unpaired) electrons. The summed E-state index contributed by atoms with van der Waals surface area (Å²) in [6, 6.07) is 0. The van der Waals surface area contributed by atoms with E-state index in [4.69, 9.17) is 0 Å². The Hall–Kier alpha value is -0.0800. The first-order valence-electron chi connectivity index (χ1n) is 6.44. The lowest BCUT2D eigenvalue weighted by Crippen LogP contribution is -2.51. The molecule has 15 heavy (non-hydrogen) atoms. The third-order valence-corrected chi connectivity index (χ3v) is 5.02. The second-order valence-corrected chi connectivity index (χ2v) is 6.59. The quantitative estimate of drug-likeness (QED) is 0.749. The summed E-state index contributed by atoms with van der Waals surface area (Å²) in [6.07, 6.45) is 6.62. The number of rotatable bonds is 2. The van der Waals surface area contributed by atoms with Crippen molar-refractivity contribution >= 4 is 0 Å². The molecule has 0 saturated heterocycles. The minimum atomic E-state index is -0.359. The first-order valence-corrected chi connectivity index (χ1v) is 6.44. The molecule has 3 bridgehead atoms. The molecule has 0 amide bonds. The van der Waals surface area contributed by atoms with E-state index >= 15 is 0 Å². The van der Waals surface area contributed by atoms with E-state index in [-0.39, 0.29) is 5.60 Å². The fourth-order valence-corrected chi connectivity index (χ4v) is 4.89. The van der Waals surface area contributed by atoms with Gasteiger partial charge in [0.15, 0.2) is 0 Å². The van der Waals surface area contributed by atoms with Crippen molar-refractivity contribution in [3.63, 3.8) is 0 Å². The van der Waals surface area contributed by atoms with Crippen molar-refractivity contribution in [2.45, 2.75) is 37.7 Å². The summed E-state index contributed by atoms with van der Waals surface area (Å²) in [6.45, 7) is 0.872. The van der Waals surface area contributed by atoms with Crippen LogP contribution in [0.25, 0.3) is 0 Å². The highest BCUT2D eigenvalue weighted by atomic mass is 16.3. The third-order valence-electron chi connectivity index (χ3n) is 5.02. The van der Waals surface area contributed by atoms with Gasteiger partial charge in [-0.25, -0.2) is 0 Å². The Morgan fingerprint density at radius 3 is 2.60 bits per heavy atom. The number of nitrogens with zero attached hydrogens (tertiary/aromatic N) is 1. The van der Waals surface area contributed by atoms with Crippen molar-refractivity contribution in [2.75, 3.05) is 20.6 Å². The Kier molecular flexibility index (Phi) is 2.16. The second-order valence-electron chi connectivity index (χ2n) is 6.59. The van der Waals surface area contributed by atoms with Crippen LogP contribution in [0.15, 0.2) is 0 Å². The van der Waals surface area contributed by atoms with E-state index in [1.807, 2.05) is 0 Å². The van der Waals surface area contributed by atoms with Gasteiger partial charge in [0, 0.05) is 6.54 Å². The molecule has 0 aliphatic heterocycles. The lowest BCUT2D eigenvalue weighted by atomic mass is 9.65. The maximum absolute atomic E-state index is 10.9. The number of likely N-dealkylation sites (N-methyl/N-ethyl adjacent to an activating group) is 1. The van der Waals surface area contributed by atoms with Crippen LogP contribution < -0.4 is 0 Å². The minimum absolute atomic E-state index is 0.359. The van der Waals surface area contributed by atoms with Gasteiger partial charge in [-0.15, -0.1) is 0 Å². The number of aliphatic hydroxyl groups is 1. The maximum atomic E-state index is 10.9. The fourth-order valence-electron chi connectivity index (χ4n) is 4.89. The largest absolute Gasteiger partial charge is 0.388 e. The predicted molar refractivity (Wildman–Crippen MR) is 60.5 cm³/mol. The van der Waals surface area contributed by atoms with E-state index in [0.717, 1.165) is 30.7 Å². The monoisotopic (exact) mass is 209 g/mol. The second kappa shape index (κ2) is 3.21. The highest BCUT2D eigenvalue weighted by molar-refractivity contribution is 5.06. The summed E-state index contributed by atoms with van der Waals surface area (Å²) < 4.78 is 0. The number of hydrogen-bond donors (Lipinski definition) is 1. The summed E-state index contributed by atoms with van der Waals surface area (Å²) >= 11 is 0. The standard InChI is InChI=1S/C13H23NO/c1-14(2)8-13(15)7-10-3-9-4-11(5-10)12(13)6-9/h9-12,15H,3-8H2,1-2H3/t9-,10+,11-,12-,13+/m1/s1. The zero-order valence-corrected chi connectivity index (χ0v) is 9.95. The summed E-state index contributed by atoms with van der Waals surface area (Å²) in [5, 5.41) is 10.9. The van der Waals surface area contributed by atoms with Crippen LogP contribution in [0.2, 0.25) is 0 Å². The van der Waals surface area contributed by atoms with Gasteiger partial charge in [0.1, 0.15) is 0 Å². The van der Waals surface area contributed by atoms with Crippen LogP contribution in [0.3, 0.4) is 0 Å². The van der Waals surface area contributed by atoms with Gasteiger partial charge in [-0.2, -0.15) is 0 Å². The highest BCUT2D eigenvalue weighted by Gasteiger charge is 2.55. The first-order chi connectivity index (χ1) is 7.07. The normalized spacial score (nSPS) is 52.8. The number of hydrogen-bond acceptors (Lipinski definition) is 2. The highest BCUT2D eigenvalue weighted by Crippen LogP contribution is 2.58. The molecular weight excluding hydrogens is 186 g/mol. The fraction of sp³-hybridized carbons (Fsp3) is 1.00. The Bertz CT molecular complexity index is 263. The van der Waals surface area contributed by atoms with E-state index in [0.29, 0.717) is 5.92 Å². The van der Waals surface area contributed by atoms with Crippen molar-refractivity contribution in [2.24, 2.45) is 23.7 Å². The molecule has 0 heterocycles. The topological polar surface area (TPSA) is 23.5 Å². The van der Waals surface area contributed by atoms with Gasteiger partial charge < -0.3 is 10.0 Å². The van der Waals surface area contributed by atoms with E-state index in [9.17, 15) is 5.11 Å². The molecule has 0 aromatic rings. The zero-order chi connectivity index (χ0) is 10.6. The van der Waals surface area contributed by atoms with E-state index in [2.05, 4.69) is 19.0 Å². The number of fused-ring (bicyclic) bond motifs is 2. The molecule has 3 fully saturated rings. The molecule has 3 aliphatic carbocycles. The van der Waals surface area contributed by atoms with Crippen molar-refractivity contribution in [1.29, 1.82) is 0 Å². The van der Waals surface area contributed by atoms with Gasteiger partial charge in [-0.3, -0.25) is 0 Å². The molecule has 2 nitrogen and oxygen atoms in total. The molecule has 0 spiro atoms. The molecule has 3 saturated carbocycles. The summed E-state index contributed by atoms with van der Waals surface area (Å²) in [5.74, 6) is 3.25. The van der Waals surface area contributed by atoms with Crippen LogP contribution in [0.1, 0.15) is 32.1 Å². The molecule has 3 aliphatic rings. The maximum Gasteiger partial charge on any atom is 0.0807 e. The molecule has 0 aromatic carbocycles. The predicted octanol–water partition coefficient (Wildman–Crippen LogP) is 1.74. The average molecular weight is 209 g/mol. The average Bonchev–Trinajstić information content (AvgIpc) is 2.34. The Morgan fingerprint density at radius 2 is 1.87 bits per heavy atom. The Balaban J connectivity index is 1.85. The van der Waals surface area contributed by atoms with E-state index < -0.39 is 0 Å². The van der Waals surface area contributed by atoms with Crippen molar-refractivity contribution in [3.8, 4) is 0 Å². The van der Waals surface area contributed by atoms with Gasteiger partial charge in [-0.1, -0.05) is 0 Å². The Labute approximate surface area is 92.7 Å². The van der Waals surface area contributed by atoms with Crippen molar-refractivity contribution in [3.05, 3.63) is 0 Å². The van der Waals surface area contributed by atoms with Gasteiger partial charge in [0.2, 0.25) is 0 Å². The lowest BCUT2D eigenvalue weighted by Gasteiger charge is -2.46. The Morgan fingerprint density at radius 1 is 1.13 bits per heavy atom. The van der Waals surface area contributed by atoms with Gasteiger partial charge in [0.25, 0.3) is 0 Å². The minimum Gasteiger partial charge on any atom is -0.388 e. The first kappa shape index (κ1) is 10.1. The molecule has 3 rings (SSSR count). The molecule has 0 unspecified atom stereocenters. The van der Waals surface area contributed by atoms with Crippen molar-refractivity contribution < 1.29 is 5.11 Å². The van der Waals surface area contributed by atoms with Crippen LogP contribution in [0, 0.1) is 23.7 Å². The van der Waals surface area contributed by atoms with Crippen molar-refractivity contribution in [1.82, 2.24) is 4.90 Å². The third kappa shape index (κ3) is 1.53. The van der Waals surface area contributed by atoms with Crippen LogP contribution in [0.4, 0.5) is 0 Å². The van der Waals surface area contributed by atoms with Gasteiger partial charge in [-0.05, 0) is 69.9 Å².